The second kappa shape index (κ2) is 8.82. The van der Waals surface area contributed by atoms with Gasteiger partial charge in [0, 0.05) is 26.2 Å². The van der Waals surface area contributed by atoms with Crippen molar-refractivity contribution >= 4 is 16.1 Å². The molecule has 1 aromatic rings. The molecule has 0 radical (unpaired) electrons. The maximum absolute atomic E-state index is 13.0. The number of carbonyl (C=O) groups is 1. The monoisotopic (exact) mass is 410 g/mol. The van der Waals surface area contributed by atoms with Gasteiger partial charge in [-0.2, -0.15) is 4.31 Å². The Morgan fingerprint density at radius 1 is 1.18 bits per heavy atom. The van der Waals surface area contributed by atoms with Crippen molar-refractivity contribution < 1.29 is 17.9 Å². The number of likely N-dealkylation sites (tertiary alicyclic amines) is 1. The van der Waals surface area contributed by atoms with Gasteiger partial charge in [-0.25, -0.2) is 13.2 Å². The summed E-state index contributed by atoms with van der Waals surface area (Å²) in [6, 6.07) is 7.05. The van der Waals surface area contributed by atoms with Crippen LogP contribution in [0.5, 0.6) is 0 Å². The summed E-state index contributed by atoms with van der Waals surface area (Å²) in [5.74, 6) is 0.528. The van der Waals surface area contributed by atoms with Gasteiger partial charge in [0.15, 0.2) is 0 Å². The summed E-state index contributed by atoms with van der Waals surface area (Å²) in [7, 11) is -1.92. The number of amides is 1. The van der Waals surface area contributed by atoms with Crippen LogP contribution in [0.1, 0.15) is 53.0 Å². The summed E-state index contributed by atoms with van der Waals surface area (Å²) in [6.45, 7) is 10.8. The van der Waals surface area contributed by atoms with Crippen molar-refractivity contribution in [1.29, 1.82) is 0 Å². The molecular weight excluding hydrogens is 376 g/mol. The Morgan fingerprint density at radius 2 is 1.71 bits per heavy atom. The molecule has 0 bridgehead atoms. The van der Waals surface area contributed by atoms with Crippen LogP contribution in [0.25, 0.3) is 0 Å². The summed E-state index contributed by atoms with van der Waals surface area (Å²) in [4.78, 5) is 14.2. The highest BCUT2D eigenvalue weighted by atomic mass is 32.2. The van der Waals surface area contributed by atoms with Crippen molar-refractivity contribution in [2.24, 2.45) is 5.92 Å². The number of hydrogen-bond acceptors (Lipinski definition) is 4. The predicted octanol–water partition coefficient (Wildman–Crippen LogP) is 3.91. The van der Waals surface area contributed by atoms with E-state index in [0.717, 1.165) is 12.0 Å². The average Bonchev–Trinajstić information content (AvgIpc) is 2.59. The first-order chi connectivity index (χ1) is 12.9. The molecule has 1 aliphatic heterocycles. The van der Waals surface area contributed by atoms with Gasteiger partial charge in [-0.15, -0.1) is 0 Å². The van der Waals surface area contributed by atoms with Crippen LogP contribution in [0.3, 0.4) is 0 Å². The lowest BCUT2D eigenvalue weighted by atomic mass is 10.0. The van der Waals surface area contributed by atoms with E-state index >= 15 is 0 Å². The maximum atomic E-state index is 13.0. The normalized spacial score (nSPS) is 16.6. The Hall–Kier alpha value is -1.60. The molecule has 0 spiro atoms. The molecule has 2 rings (SSSR count). The lowest BCUT2D eigenvalue weighted by Gasteiger charge is -2.36. The highest BCUT2D eigenvalue weighted by molar-refractivity contribution is 7.89. The van der Waals surface area contributed by atoms with Crippen molar-refractivity contribution in [3.05, 3.63) is 29.8 Å². The largest absolute Gasteiger partial charge is 0.444 e. The van der Waals surface area contributed by atoms with Crippen LogP contribution in [0.15, 0.2) is 29.2 Å². The summed E-state index contributed by atoms with van der Waals surface area (Å²) in [5.41, 5.74) is 0.609. The first-order valence-electron chi connectivity index (χ1n) is 9.95. The summed E-state index contributed by atoms with van der Waals surface area (Å²) in [5, 5.41) is 0. The number of piperidine rings is 1. The van der Waals surface area contributed by atoms with E-state index in [0.29, 0.717) is 36.7 Å². The highest BCUT2D eigenvalue weighted by Gasteiger charge is 2.33. The van der Waals surface area contributed by atoms with Gasteiger partial charge in [0.2, 0.25) is 10.0 Å². The van der Waals surface area contributed by atoms with Crippen LogP contribution >= 0.6 is 0 Å². The predicted molar refractivity (Wildman–Crippen MR) is 111 cm³/mol. The highest BCUT2D eigenvalue weighted by Crippen LogP contribution is 2.24. The molecule has 1 saturated heterocycles. The second-order valence-electron chi connectivity index (χ2n) is 8.96. The molecule has 1 amide bonds. The SMILES string of the molecule is CC(C)Cc1ccc(S(=O)(=O)N(C)C2CCN(C(=O)OC(C)(C)C)CC2)cc1. The quantitative estimate of drug-likeness (QED) is 0.738. The number of ether oxygens (including phenoxy) is 1. The Bertz CT molecular complexity index is 759. The summed E-state index contributed by atoms with van der Waals surface area (Å²) in [6.07, 6.45) is 1.79. The van der Waals surface area contributed by atoms with E-state index in [1.165, 1.54) is 4.31 Å². The minimum Gasteiger partial charge on any atom is -0.444 e. The van der Waals surface area contributed by atoms with E-state index in [9.17, 15) is 13.2 Å². The van der Waals surface area contributed by atoms with Gasteiger partial charge in [-0.1, -0.05) is 26.0 Å². The zero-order chi connectivity index (χ0) is 21.1. The Kier molecular flexibility index (Phi) is 7.15. The zero-order valence-electron chi connectivity index (χ0n) is 17.9. The fraction of sp³-hybridized carbons (Fsp3) is 0.667. The van der Waals surface area contributed by atoms with Crippen molar-refractivity contribution in [3.63, 3.8) is 0 Å². The molecule has 28 heavy (non-hydrogen) atoms. The van der Waals surface area contributed by atoms with Gasteiger partial charge >= 0.3 is 6.09 Å². The Balaban J connectivity index is 2.00. The first kappa shape index (κ1) is 22.7. The van der Waals surface area contributed by atoms with Crippen LogP contribution in [0, 0.1) is 5.92 Å². The first-order valence-corrected chi connectivity index (χ1v) is 11.4. The fourth-order valence-corrected chi connectivity index (χ4v) is 4.79. The van der Waals surface area contributed by atoms with Crippen LogP contribution in [-0.4, -0.2) is 55.5 Å². The van der Waals surface area contributed by atoms with Crippen LogP contribution in [0.4, 0.5) is 4.79 Å². The van der Waals surface area contributed by atoms with Gasteiger partial charge in [-0.05, 0) is 63.6 Å². The molecule has 0 unspecified atom stereocenters. The van der Waals surface area contributed by atoms with E-state index in [-0.39, 0.29) is 12.1 Å². The van der Waals surface area contributed by atoms with E-state index in [1.54, 1.807) is 24.1 Å². The van der Waals surface area contributed by atoms with E-state index < -0.39 is 15.6 Å². The fourth-order valence-electron chi connectivity index (χ4n) is 3.37. The number of carbonyl (C=O) groups excluding carboxylic acids is 1. The molecule has 1 aromatic carbocycles. The van der Waals surface area contributed by atoms with Crippen molar-refractivity contribution in [3.8, 4) is 0 Å². The van der Waals surface area contributed by atoms with E-state index in [1.807, 2.05) is 32.9 Å². The number of hydrogen-bond donors (Lipinski definition) is 0. The molecule has 1 heterocycles. The van der Waals surface area contributed by atoms with E-state index in [2.05, 4.69) is 13.8 Å². The molecule has 0 aromatic heterocycles. The van der Waals surface area contributed by atoms with Crippen molar-refractivity contribution in [2.45, 2.75) is 70.4 Å². The smallest absolute Gasteiger partial charge is 0.410 e. The maximum Gasteiger partial charge on any atom is 0.410 e. The minimum atomic E-state index is -3.55. The third-order valence-electron chi connectivity index (χ3n) is 4.87. The molecule has 0 saturated carbocycles. The van der Waals surface area contributed by atoms with Gasteiger partial charge < -0.3 is 9.64 Å². The Labute approximate surface area is 169 Å². The number of benzene rings is 1. The molecule has 1 fully saturated rings. The summed E-state index contributed by atoms with van der Waals surface area (Å²) >= 11 is 0. The average molecular weight is 411 g/mol. The zero-order valence-corrected chi connectivity index (χ0v) is 18.8. The third-order valence-corrected chi connectivity index (χ3v) is 6.80. The molecule has 158 valence electrons. The molecule has 0 atom stereocenters. The Morgan fingerprint density at radius 3 is 2.18 bits per heavy atom. The topological polar surface area (TPSA) is 66.9 Å². The number of sulfonamides is 1. The number of nitrogens with zero attached hydrogens (tertiary/aromatic N) is 2. The molecule has 0 aliphatic carbocycles. The van der Waals surface area contributed by atoms with Crippen LogP contribution in [0.2, 0.25) is 0 Å². The second-order valence-corrected chi connectivity index (χ2v) is 11.0. The third kappa shape index (κ3) is 5.95. The summed E-state index contributed by atoms with van der Waals surface area (Å²) < 4.78 is 32.8. The minimum absolute atomic E-state index is 0.126. The molecule has 6 nitrogen and oxygen atoms in total. The van der Waals surface area contributed by atoms with Gasteiger partial charge in [-0.3, -0.25) is 0 Å². The molecular formula is C21H34N2O4S. The molecule has 1 aliphatic rings. The number of rotatable bonds is 5. The van der Waals surface area contributed by atoms with Crippen molar-refractivity contribution in [2.75, 3.05) is 20.1 Å². The lowest BCUT2D eigenvalue weighted by Crippen LogP contribution is -2.48. The van der Waals surface area contributed by atoms with E-state index in [4.69, 9.17) is 4.74 Å². The van der Waals surface area contributed by atoms with Crippen LogP contribution in [-0.2, 0) is 21.2 Å². The van der Waals surface area contributed by atoms with Crippen LogP contribution < -0.4 is 0 Å². The van der Waals surface area contributed by atoms with Gasteiger partial charge in [0.1, 0.15) is 5.60 Å². The van der Waals surface area contributed by atoms with Gasteiger partial charge in [0.25, 0.3) is 0 Å². The molecule has 7 heteroatoms. The molecule has 0 N–H and O–H groups in total. The lowest BCUT2D eigenvalue weighted by molar-refractivity contribution is 0.0183. The van der Waals surface area contributed by atoms with Gasteiger partial charge in [0.05, 0.1) is 4.90 Å². The standard InChI is InChI=1S/C21H34N2O4S/c1-16(2)15-17-7-9-19(10-8-17)28(25,26)22(6)18-11-13-23(14-12-18)20(24)27-21(3,4)5/h7-10,16,18H,11-15H2,1-6H3. The van der Waals surface area contributed by atoms with Crippen molar-refractivity contribution in [1.82, 2.24) is 9.21 Å².